The van der Waals surface area contributed by atoms with Gasteiger partial charge in [-0.05, 0) is 36.4 Å². The third-order valence-electron chi connectivity index (χ3n) is 3.46. The summed E-state index contributed by atoms with van der Waals surface area (Å²) in [5.41, 5.74) is -0.305. The molecule has 5 nitrogen and oxygen atoms in total. The third-order valence-corrected chi connectivity index (χ3v) is 4.58. The van der Waals surface area contributed by atoms with E-state index < -0.39 is 23.8 Å². The molecule has 0 bridgehead atoms. The van der Waals surface area contributed by atoms with E-state index in [0.29, 0.717) is 11.4 Å². The second kappa shape index (κ2) is 8.23. The highest BCUT2D eigenvalue weighted by molar-refractivity contribution is 7.14. The standard InChI is InChI=1S/C19H20FNO4S/c1-19(2,3)18(24)21-10-14-8-9-16(26-14)15(22)11-25-17(23)12-4-6-13(20)7-5-12/h4-9H,10-11H2,1-3H3,(H,21,24). The Kier molecular flexibility index (Phi) is 6.26. The Morgan fingerprint density at radius 1 is 1.08 bits per heavy atom. The van der Waals surface area contributed by atoms with Gasteiger partial charge in [0, 0.05) is 10.3 Å². The highest BCUT2D eigenvalue weighted by Gasteiger charge is 2.21. The molecule has 0 fully saturated rings. The van der Waals surface area contributed by atoms with E-state index in [1.54, 1.807) is 12.1 Å². The van der Waals surface area contributed by atoms with Gasteiger partial charge < -0.3 is 10.1 Å². The second-order valence-electron chi connectivity index (χ2n) is 6.70. The lowest BCUT2D eigenvalue weighted by molar-refractivity contribution is -0.128. The molecule has 7 heteroatoms. The monoisotopic (exact) mass is 377 g/mol. The van der Waals surface area contributed by atoms with E-state index >= 15 is 0 Å². The normalized spacial score (nSPS) is 11.1. The van der Waals surface area contributed by atoms with Crippen molar-refractivity contribution in [1.29, 1.82) is 0 Å². The van der Waals surface area contributed by atoms with E-state index in [4.69, 9.17) is 4.74 Å². The van der Waals surface area contributed by atoms with E-state index in [2.05, 4.69) is 5.32 Å². The molecule has 1 N–H and O–H groups in total. The first-order valence-corrected chi connectivity index (χ1v) is 8.81. The van der Waals surface area contributed by atoms with Crippen molar-refractivity contribution in [1.82, 2.24) is 5.32 Å². The first-order chi connectivity index (χ1) is 12.2. The molecular formula is C19H20FNO4S. The van der Waals surface area contributed by atoms with Crippen LogP contribution in [0.3, 0.4) is 0 Å². The van der Waals surface area contributed by atoms with Gasteiger partial charge in [-0.3, -0.25) is 9.59 Å². The van der Waals surface area contributed by atoms with E-state index in [-0.39, 0.29) is 17.3 Å². The van der Waals surface area contributed by atoms with Gasteiger partial charge in [-0.1, -0.05) is 20.8 Å². The van der Waals surface area contributed by atoms with Gasteiger partial charge in [0.25, 0.3) is 0 Å². The Labute approximate surface area is 155 Å². The van der Waals surface area contributed by atoms with Crippen molar-refractivity contribution in [2.45, 2.75) is 27.3 Å². The summed E-state index contributed by atoms with van der Waals surface area (Å²) >= 11 is 1.24. The minimum absolute atomic E-state index is 0.0768. The van der Waals surface area contributed by atoms with Crippen molar-refractivity contribution < 1.29 is 23.5 Å². The number of ketones is 1. The van der Waals surface area contributed by atoms with Gasteiger partial charge in [0.2, 0.25) is 11.7 Å². The van der Waals surface area contributed by atoms with Crippen LogP contribution in [0.2, 0.25) is 0 Å². The molecule has 1 amide bonds. The van der Waals surface area contributed by atoms with Gasteiger partial charge in [0.1, 0.15) is 5.82 Å². The van der Waals surface area contributed by atoms with Crippen LogP contribution in [0.1, 0.15) is 45.7 Å². The first-order valence-electron chi connectivity index (χ1n) is 8.00. The van der Waals surface area contributed by atoms with Gasteiger partial charge in [-0.15, -0.1) is 11.3 Å². The smallest absolute Gasteiger partial charge is 0.338 e. The third kappa shape index (κ3) is 5.49. The summed E-state index contributed by atoms with van der Waals surface area (Å²) in [7, 11) is 0. The van der Waals surface area contributed by atoms with Crippen LogP contribution in [0.25, 0.3) is 0 Å². The highest BCUT2D eigenvalue weighted by Crippen LogP contribution is 2.19. The predicted molar refractivity (Wildman–Crippen MR) is 96.6 cm³/mol. The number of rotatable bonds is 6. The van der Waals surface area contributed by atoms with Gasteiger partial charge >= 0.3 is 5.97 Å². The number of thiophene rings is 1. The van der Waals surface area contributed by atoms with Gasteiger partial charge in [0.05, 0.1) is 17.0 Å². The highest BCUT2D eigenvalue weighted by atomic mass is 32.1. The maximum absolute atomic E-state index is 12.8. The fourth-order valence-corrected chi connectivity index (χ4v) is 2.80. The minimum Gasteiger partial charge on any atom is -0.454 e. The van der Waals surface area contributed by atoms with E-state index in [1.807, 2.05) is 20.8 Å². The Morgan fingerprint density at radius 2 is 1.73 bits per heavy atom. The molecule has 0 aliphatic rings. The zero-order valence-electron chi connectivity index (χ0n) is 14.8. The van der Waals surface area contributed by atoms with Crippen molar-refractivity contribution in [3.63, 3.8) is 0 Å². The molecule has 0 aliphatic carbocycles. The summed E-state index contributed by atoms with van der Waals surface area (Å²) in [6.07, 6.45) is 0. The molecule has 0 saturated heterocycles. The summed E-state index contributed by atoms with van der Waals surface area (Å²) in [6, 6.07) is 8.28. The van der Waals surface area contributed by atoms with Crippen LogP contribution in [0, 0.1) is 11.2 Å². The number of hydrogen-bond acceptors (Lipinski definition) is 5. The molecular weight excluding hydrogens is 357 g/mol. The summed E-state index contributed by atoms with van der Waals surface area (Å²) in [5, 5.41) is 2.81. The van der Waals surface area contributed by atoms with E-state index in [0.717, 1.165) is 17.0 Å². The zero-order valence-corrected chi connectivity index (χ0v) is 15.6. The van der Waals surface area contributed by atoms with Crippen molar-refractivity contribution >= 4 is 29.0 Å². The number of esters is 1. The van der Waals surface area contributed by atoms with E-state index in [1.165, 1.54) is 23.5 Å². The van der Waals surface area contributed by atoms with Crippen LogP contribution in [0.5, 0.6) is 0 Å². The van der Waals surface area contributed by atoms with Crippen molar-refractivity contribution in [2.24, 2.45) is 5.41 Å². The summed E-state index contributed by atoms with van der Waals surface area (Å²) in [5.74, 6) is -1.55. The largest absolute Gasteiger partial charge is 0.454 e. The fraction of sp³-hybridized carbons (Fsp3) is 0.316. The molecule has 138 valence electrons. The maximum atomic E-state index is 12.8. The molecule has 1 aromatic carbocycles. The number of halogens is 1. The number of benzene rings is 1. The van der Waals surface area contributed by atoms with Crippen molar-refractivity contribution in [2.75, 3.05) is 6.61 Å². The number of hydrogen-bond donors (Lipinski definition) is 1. The molecule has 26 heavy (non-hydrogen) atoms. The molecule has 0 radical (unpaired) electrons. The molecule has 0 spiro atoms. The average molecular weight is 377 g/mol. The molecule has 0 atom stereocenters. The van der Waals surface area contributed by atoms with E-state index in [9.17, 15) is 18.8 Å². The fourth-order valence-electron chi connectivity index (χ4n) is 1.93. The number of carbonyl (C=O) groups excluding carboxylic acids is 3. The lowest BCUT2D eigenvalue weighted by Crippen LogP contribution is -2.34. The molecule has 2 aromatic rings. The van der Waals surface area contributed by atoms with Gasteiger partial charge in [0.15, 0.2) is 6.61 Å². The average Bonchev–Trinajstić information content (AvgIpc) is 3.06. The predicted octanol–water partition coefficient (Wildman–Crippen LogP) is 3.59. The molecule has 0 saturated carbocycles. The summed E-state index contributed by atoms with van der Waals surface area (Å²) in [6.45, 7) is 5.40. The van der Waals surface area contributed by atoms with Gasteiger partial charge in [-0.2, -0.15) is 0 Å². The van der Waals surface area contributed by atoms with Crippen LogP contribution in [0.15, 0.2) is 36.4 Å². The Balaban J connectivity index is 1.86. The van der Waals surface area contributed by atoms with Crippen molar-refractivity contribution in [3.05, 3.63) is 57.5 Å². The lowest BCUT2D eigenvalue weighted by Gasteiger charge is -2.17. The quantitative estimate of drug-likeness (QED) is 0.617. The molecule has 0 aliphatic heterocycles. The number of amides is 1. The maximum Gasteiger partial charge on any atom is 0.338 e. The lowest BCUT2D eigenvalue weighted by atomic mass is 9.96. The molecule has 2 rings (SSSR count). The van der Waals surface area contributed by atoms with Crippen LogP contribution in [0.4, 0.5) is 4.39 Å². The number of ether oxygens (including phenoxy) is 1. The Bertz CT molecular complexity index is 806. The Hall–Kier alpha value is -2.54. The van der Waals surface area contributed by atoms with Crippen LogP contribution >= 0.6 is 11.3 Å². The topological polar surface area (TPSA) is 72.5 Å². The minimum atomic E-state index is -0.687. The van der Waals surface area contributed by atoms with Crippen LogP contribution in [-0.4, -0.2) is 24.3 Å². The molecule has 1 heterocycles. The zero-order chi connectivity index (χ0) is 19.3. The SMILES string of the molecule is CC(C)(C)C(=O)NCc1ccc(C(=O)COC(=O)c2ccc(F)cc2)s1. The van der Waals surface area contributed by atoms with Gasteiger partial charge in [-0.25, -0.2) is 9.18 Å². The van der Waals surface area contributed by atoms with Crippen molar-refractivity contribution in [3.8, 4) is 0 Å². The van der Waals surface area contributed by atoms with Crippen LogP contribution in [-0.2, 0) is 16.1 Å². The van der Waals surface area contributed by atoms with Crippen LogP contribution < -0.4 is 5.32 Å². The summed E-state index contributed by atoms with van der Waals surface area (Å²) in [4.78, 5) is 37.1. The Morgan fingerprint density at radius 3 is 2.35 bits per heavy atom. The molecule has 0 unspecified atom stereocenters. The number of carbonyl (C=O) groups is 3. The number of nitrogens with one attached hydrogen (secondary N) is 1. The summed E-state index contributed by atoms with van der Waals surface area (Å²) < 4.78 is 17.8. The molecule has 1 aromatic heterocycles. The number of Topliss-reactive ketones (excluding diaryl/α,β-unsaturated/α-hetero) is 1. The first kappa shape index (κ1) is 19.8. The second-order valence-corrected chi connectivity index (χ2v) is 7.87.